The maximum absolute atomic E-state index is 12.6. The number of carbonyl (C=O) groups excluding carboxylic acids is 1. The average molecular weight is 320 g/mol. The summed E-state index contributed by atoms with van der Waals surface area (Å²) in [5, 5.41) is 1.79. The topological polar surface area (TPSA) is 57.9 Å². The van der Waals surface area contributed by atoms with Crippen LogP contribution >= 0.6 is 11.3 Å². The van der Waals surface area contributed by atoms with Crippen molar-refractivity contribution in [3.63, 3.8) is 0 Å². The first-order chi connectivity index (χ1) is 10.6. The van der Waals surface area contributed by atoms with Crippen LogP contribution in [0, 0.1) is 5.92 Å². The molecular weight excluding hydrogens is 300 g/mol. The molecule has 0 unspecified atom stereocenters. The van der Waals surface area contributed by atoms with Gasteiger partial charge >= 0.3 is 0 Å². The fraction of sp³-hybridized carbons (Fsp3) is 0.533. The van der Waals surface area contributed by atoms with Crippen LogP contribution < -0.4 is 5.56 Å². The second-order valence-corrected chi connectivity index (χ2v) is 6.89. The summed E-state index contributed by atoms with van der Waals surface area (Å²) in [7, 11) is 0. The molecule has 3 rings (SSSR count). The second kappa shape index (κ2) is 6.18. The smallest absolute Gasteiger partial charge is 0.271 e. The van der Waals surface area contributed by atoms with Gasteiger partial charge in [0.2, 0.25) is 0 Å². The minimum Gasteiger partial charge on any atom is -0.336 e. The molecule has 1 aliphatic rings. The molecule has 2 aromatic rings. The van der Waals surface area contributed by atoms with Gasteiger partial charge in [-0.05, 0) is 5.92 Å². The number of hydrogen-bond donors (Lipinski definition) is 0. The van der Waals surface area contributed by atoms with E-state index < -0.39 is 0 Å². The Labute approximate surface area is 133 Å². The van der Waals surface area contributed by atoms with Gasteiger partial charge in [0.25, 0.3) is 11.5 Å². The van der Waals surface area contributed by atoms with Crippen molar-refractivity contribution in [3.8, 4) is 0 Å². The Kier molecular flexibility index (Phi) is 4.26. The normalized spacial score (nSPS) is 16.6. The van der Waals surface area contributed by atoms with Crippen molar-refractivity contribution < 1.29 is 4.79 Å². The fourth-order valence-corrected chi connectivity index (χ4v) is 3.47. The number of nitrogens with zero attached hydrogens (tertiary/aromatic N) is 4. The molecule has 1 amide bonds. The lowest BCUT2D eigenvalue weighted by molar-refractivity contribution is 0.0621. The van der Waals surface area contributed by atoms with Gasteiger partial charge < -0.3 is 4.90 Å². The first-order valence-electron chi connectivity index (χ1n) is 7.52. The minimum absolute atomic E-state index is 0.160. The standard InChI is InChI=1S/C15H20N4O2S/c1-11(2)10-17-3-5-18(6-4-17)13(20)12-9-16-15-19(14(12)21)7-8-22-15/h7-9,11H,3-6,10H2,1-2H3. The van der Waals surface area contributed by atoms with Crippen molar-refractivity contribution in [2.45, 2.75) is 13.8 Å². The number of thiazole rings is 1. The van der Waals surface area contributed by atoms with E-state index in [-0.39, 0.29) is 17.0 Å². The van der Waals surface area contributed by atoms with Gasteiger partial charge in [-0.2, -0.15) is 0 Å². The quantitative estimate of drug-likeness (QED) is 0.852. The first kappa shape index (κ1) is 15.2. The molecule has 0 radical (unpaired) electrons. The van der Waals surface area contributed by atoms with Crippen LogP contribution in [0.3, 0.4) is 0 Å². The number of aromatic nitrogens is 2. The summed E-state index contributed by atoms with van der Waals surface area (Å²) in [6.07, 6.45) is 3.07. The molecule has 0 N–H and O–H groups in total. The van der Waals surface area contributed by atoms with Crippen LogP contribution in [-0.4, -0.2) is 57.8 Å². The van der Waals surface area contributed by atoms with Gasteiger partial charge in [0.05, 0.1) is 0 Å². The zero-order valence-corrected chi connectivity index (χ0v) is 13.7. The van der Waals surface area contributed by atoms with Gasteiger partial charge in [-0.15, -0.1) is 11.3 Å². The molecule has 22 heavy (non-hydrogen) atoms. The van der Waals surface area contributed by atoms with Crippen LogP contribution in [-0.2, 0) is 0 Å². The zero-order valence-electron chi connectivity index (χ0n) is 12.9. The van der Waals surface area contributed by atoms with Gasteiger partial charge in [-0.3, -0.25) is 18.9 Å². The highest BCUT2D eigenvalue weighted by atomic mass is 32.1. The summed E-state index contributed by atoms with van der Waals surface area (Å²) >= 11 is 1.38. The second-order valence-electron chi connectivity index (χ2n) is 6.02. The van der Waals surface area contributed by atoms with Crippen LogP contribution in [0.2, 0.25) is 0 Å². The molecule has 0 atom stereocenters. The highest BCUT2D eigenvalue weighted by Gasteiger charge is 2.24. The summed E-state index contributed by atoms with van der Waals surface area (Å²) < 4.78 is 1.44. The number of rotatable bonds is 3. The van der Waals surface area contributed by atoms with Crippen LogP contribution in [0.4, 0.5) is 0 Å². The predicted molar refractivity (Wildman–Crippen MR) is 86.5 cm³/mol. The molecule has 0 aliphatic carbocycles. The van der Waals surface area contributed by atoms with Gasteiger partial charge in [-0.25, -0.2) is 4.98 Å². The Morgan fingerprint density at radius 3 is 2.73 bits per heavy atom. The van der Waals surface area contributed by atoms with E-state index in [4.69, 9.17) is 0 Å². The molecule has 1 saturated heterocycles. The number of amides is 1. The van der Waals surface area contributed by atoms with Crippen LogP contribution in [0.15, 0.2) is 22.6 Å². The van der Waals surface area contributed by atoms with Gasteiger partial charge in [0.1, 0.15) is 5.56 Å². The maximum Gasteiger partial charge on any atom is 0.271 e. The molecule has 3 heterocycles. The van der Waals surface area contributed by atoms with Crippen molar-refractivity contribution in [2.75, 3.05) is 32.7 Å². The summed E-state index contributed by atoms with van der Waals surface area (Å²) in [6.45, 7) is 8.49. The lowest BCUT2D eigenvalue weighted by atomic mass is 10.2. The Balaban J connectivity index is 1.74. The van der Waals surface area contributed by atoms with E-state index >= 15 is 0 Å². The molecular formula is C15H20N4O2S. The maximum atomic E-state index is 12.6. The van der Waals surface area contributed by atoms with E-state index in [1.165, 1.54) is 21.9 Å². The van der Waals surface area contributed by atoms with Crippen molar-refractivity contribution in [3.05, 3.63) is 33.7 Å². The van der Waals surface area contributed by atoms with Gasteiger partial charge in [-0.1, -0.05) is 13.8 Å². The number of hydrogen-bond acceptors (Lipinski definition) is 5. The lowest BCUT2D eigenvalue weighted by Gasteiger charge is -2.35. The molecule has 2 aromatic heterocycles. The van der Waals surface area contributed by atoms with Crippen LogP contribution in [0.25, 0.3) is 4.96 Å². The van der Waals surface area contributed by atoms with Crippen molar-refractivity contribution in [1.82, 2.24) is 19.2 Å². The molecule has 0 aromatic carbocycles. The summed E-state index contributed by atoms with van der Waals surface area (Å²) in [4.78, 5) is 33.9. The number of piperazine rings is 1. The first-order valence-corrected chi connectivity index (χ1v) is 8.40. The molecule has 118 valence electrons. The lowest BCUT2D eigenvalue weighted by Crippen LogP contribution is -2.50. The molecule has 1 fully saturated rings. The molecule has 1 aliphatic heterocycles. The third-order valence-corrected chi connectivity index (χ3v) is 4.63. The third kappa shape index (κ3) is 2.91. The molecule has 7 heteroatoms. The summed E-state index contributed by atoms with van der Waals surface area (Å²) in [5.74, 6) is 0.416. The predicted octanol–water partition coefficient (Wildman–Crippen LogP) is 1.17. The SMILES string of the molecule is CC(C)CN1CCN(C(=O)c2cnc3sccn3c2=O)CC1. The molecule has 0 spiro atoms. The van der Waals surface area contributed by atoms with Crippen molar-refractivity contribution in [2.24, 2.45) is 5.92 Å². The van der Waals surface area contributed by atoms with E-state index in [9.17, 15) is 9.59 Å². The number of carbonyl (C=O) groups is 1. The van der Waals surface area contributed by atoms with E-state index in [0.29, 0.717) is 24.0 Å². The monoisotopic (exact) mass is 320 g/mol. The Morgan fingerprint density at radius 1 is 1.32 bits per heavy atom. The Morgan fingerprint density at radius 2 is 2.05 bits per heavy atom. The molecule has 0 saturated carbocycles. The average Bonchev–Trinajstić information content (AvgIpc) is 2.96. The highest BCUT2D eigenvalue weighted by Crippen LogP contribution is 2.10. The molecule has 0 bridgehead atoms. The largest absolute Gasteiger partial charge is 0.336 e. The van der Waals surface area contributed by atoms with E-state index in [2.05, 4.69) is 23.7 Å². The van der Waals surface area contributed by atoms with Crippen LogP contribution in [0.5, 0.6) is 0 Å². The van der Waals surface area contributed by atoms with Crippen molar-refractivity contribution >= 4 is 22.2 Å². The summed E-state index contributed by atoms with van der Waals surface area (Å²) in [5.41, 5.74) is -0.117. The van der Waals surface area contributed by atoms with Gasteiger partial charge in [0.15, 0.2) is 4.96 Å². The number of fused-ring (bicyclic) bond motifs is 1. The highest BCUT2D eigenvalue weighted by molar-refractivity contribution is 7.15. The Hall–Kier alpha value is -1.73. The third-order valence-electron chi connectivity index (χ3n) is 3.86. The van der Waals surface area contributed by atoms with Crippen LogP contribution in [0.1, 0.15) is 24.2 Å². The fourth-order valence-electron chi connectivity index (χ4n) is 2.79. The van der Waals surface area contributed by atoms with E-state index in [1.807, 2.05) is 0 Å². The minimum atomic E-state index is -0.277. The Bertz CT molecular complexity index is 728. The van der Waals surface area contributed by atoms with Crippen molar-refractivity contribution in [1.29, 1.82) is 0 Å². The van der Waals surface area contributed by atoms with E-state index in [0.717, 1.165) is 19.6 Å². The van der Waals surface area contributed by atoms with Gasteiger partial charge in [0, 0.05) is 50.5 Å². The zero-order chi connectivity index (χ0) is 15.7. The van der Waals surface area contributed by atoms with E-state index in [1.54, 1.807) is 16.5 Å². The summed E-state index contributed by atoms with van der Waals surface area (Å²) in [6, 6.07) is 0. The molecule has 6 nitrogen and oxygen atoms in total.